The van der Waals surface area contributed by atoms with Gasteiger partial charge in [-0.25, -0.2) is 0 Å². The van der Waals surface area contributed by atoms with E-state index in [4.69, 9.17) is 0 Å². The predicted octanol–water partition coefficient (Wildman–Crippen LogP) is 2.56. The molecule has 0 saturated carbocycles. The minimum absolute atomic E-state index is 0.0120. The van der Waals surface area contributed by atoms with Crippen LogP contribution in [0.2, 0.25) is 0 Å². The van der Waals surface area contributed by atoms with Gasteiger partial charge < -0.3 is 14.4 Å². The van der Waals surface area contributed by atoms with Gasteiger partial charge in [0.2, 0.25) is 0 Å². The van der Waals surface area contributed by atoms with Crippen LogP contribution in [0.5, 0.6) is 0 Å². The molecule has 0 bridgehead atoms. The topological polar surface area (TPSA) is 40.8 Å². The lowest BCUT2D eigenvalue weighted by molar-refractivity contribution is 0.282. The Labute approximate surface area is 124 Å². The van der Waals surface area contributed by atoms with Crippen molar-refractivity contribution in [3.63, 3.8) is 0 Å². The van der Waals surface area contributed by atoms with Crippen molar-refractivity contribution in [2.75, 3.05) is 14.1 Å². The lowest BCUT2D eigenvalue weighted by Gasteiger charge is -2.10. The number of aliphatic hydroxyl groups is 1. The third-order valence-corrected chi connectivity index (χ3v) is 3.50. The summed E-state index contributed by atoms with van der Waals surface area (Å²) in [6, 6.07) is 12.1. The number of hydrogen-bond acceptors (Lipinski definition) is 3. The molecular formula is C17H19N3O. The zero-order valence-corrected chi connectivity index (χ0v) is 12.3. The molecule has 0 atom stereocenters. The summed E-state index contributed by atoms with van der Waals surface area (Å²) in [5.74, 6) is 0. The molecule has 3 aromatic heterocycles. The normalized spacial score (nSPS) is 11.4. The van der Waals surface area contributed by atoms with Crippen LogP contribution in [0.15, 0.2) is 48.8 Å². The van der Waals surface area contributed by atoms with E-state index in [-0.39, 0.29) is 6.61 Å². The summed E-state index contributed by atoms with van der Waals surface area (Å²) in [7, 11) is 4.08. The molecule has 1 N–H and O–H groups in total. The largest absolute Gasteiger partial charge is 0.392 e. The first kappa shape index (κ1) is 13.8. The second kappa shape index (κ2) is 5.68. The molecule has 0 radical (unpaired) electrons. The van der Waals surface area contributed by atoms with E-state index < -0.39 is 0 Å². The Bertz CT molecular complexity index is 744. The Balaban J connectivity index is 2.07. The number of pyridine rings is 2. The summed E-state index contributed by atoms with van der Waals surface area (Å²) >= 11 is 0. The van der Waals surface area contributed by atoms with Crippen molar-refractivity contribution in [1.82, 2.24) is 14.3 Å². The Hall–Kier alpha value is -2.17. The number of fused-ring (bicyclic) bond motifs is 1. The van der Waals surface area contributed by atoms with E-state index in [1.807, 2.05) is 56.8 Å². The van der Waals surface area contributed by atoms with Crippen LogP contribution >= 0.6 is 0 Å². The molecule has 108 valence electrons. The van der Waals surface area contributed by atoms with E-state index in [1.165, 1.54) is 5.56 Å². The maximum atomic E-state index is 9.61. The van der Waals surface area contributed by atoms with Crippen LogP contribution in [0, 0.1) is 0 Å². The average molecular weight is 281 g/mol. The summed E-state index contributed by atoms with van der Waals surface area (Å²) in [6.45, 7) is 0.882. The number of hydrogen-bond donors (Lipinski definition) is 1. The van der Waals surface area contributed by atoms with Gasteiger partial charge in [-0.1, -0.05) is 12.1 Å². The lowest BCUT2D eigenvalue weighted by atomic mass is 10.1. The summed E-state index contributed by atoms with van der Waals surface area (Å²) < 4.78 is 2.07. The molecule has 0 saturated heterocycles. The van der Waals surface area contributed by atoms with Crippen molar-refractivity contribution < 1.29 is 5.11 Å². The van der Waals surface area contributed by atoms with Crippen molar-refractivity contribution in [2.45, 2.75) is 13.2 Å². The van der Waals surface area contributed by atoms with Crippen LogP contribution in [-0.4, -0.2) is 33.5 Å². The molecule has 4 heteroatoms. The van der Waals surface area contributed by atoms with Crippen LogP contribution in [-0.2, 0) is 13.2 Å². The van der Waals surface area contributed by atoms with Gasteiger partial charge in [0.1, 0.15) is 0 Å². The van der Waals surface area contributed by atoms with E-state index >= 15 is 0 Å². The summed E-state index contributed by atoms with van der Waals surface area (Å²) in [6.07, 6.45) is 3.90. The predicted molar refractivity (Wildman–Crippen MR) is 83.9 cm³/mol. The van der Waals surface area contributed by atoms with Crippen molar-refractivity contribution in [3.05, 3.63) is 59.9 Å². The van der Waals surface area contributed by atoms with Gasteiger partial charge in [0.25, 0.3) is 0 Å². The third-order valence-electron chi connectivity index (χ3n) is 3.50. The molecule has 0 fully saturated rings. The number of rotatable bonds is 4. The highest BCUT2D eigenvalue weighted by atomic mass is 16.3. The third kappa shape index (κ3) is 2.68. The highest BCUT2D eigenvalue weighted by molar-refractivity contribution is 5.69. The number of aliphatic hydroxyl groups excluding tert-OH is 1. The van der Waals surface area contributed by atoms with E-state index in [9.17, 15) is 5.11 Å². The van der Waals surface area contributed by atoms with Gasteiger partial charge in [-0.15, -0.1) is 0 Å². The van der Waals surface area contributed by atoms with Crippen molar-refractivity contribution in [2.24, 2.45) is 0 Å². The molecular weight excluding hydrogens is 262 g/mol. The Morgan fingerprint density at radius 2 is 2.05 bits per heavy atom. The Morgan fingerprint density at radius 3 is 2.71 bits per heavy atom. The Kier molecular flexibility index (Phi) is 3.73. The molecule has 21 heavy (non-hydrogen) atoms. The molecule has 3 heterocycles. The van der Waals surface area contributed by atoms with Gasteiger partial charge in [0.05, 0.1) is 18.0 Å². The summed E-state index contributed by atoms with van der Waals surface area (Å²) in [5, 5.41) is 9.61. The fraction of sp³-hybridized carbons (Fsp3) is 0.235. The van der Waals surface area contributed by atoms with Crippen LogP contribution in [0.1, 0.15) is 11.1 Å². The molecule has 4 nitrogen and oxygen atoms in total. The van der Waals surface area contributed by atoms with Crippen LogP contribution < -0.4 is 0 Å². The summed E-state index contributed by atoms with van der Waals surface area (Å²) in [5.41, 5.74) is 4.98. The van der Waals surface area contributed by atoms with Gasteiger partial charge >= 0.3 is 0 Å². The number of nitrogens with zero attached hydrogens (tertiary/aromatic N) is 3. The SMILES string of the molecule is CN(C)Cc1ccc(-c2c(CO)cc3ccccn23)nc1. The molecule has 3 rings (SSSR count). The first-order valence-electron chi connectivity index (χ1n) is 6.99. The maximum Gasteiger partial charge on any atom is 0.0873 e. The molecule has 0 unspecified atom stereocenters. The molecule has 3 aromatic rings. The lowest BCUT2D eigenvalue weighted by Crippen LogP contribution is -2.10. The average Bonchev–Trinajstić information content (AvgIpc) is 2.86. The van der Waals surface area contributed by atoms with E-state index in [2.05, 4.69) is 20.4 Å². The van der Waals surface area contributed by atoms with E-state index in [0.29, 0.717) is 0 Å². The van der Waals surface area contributed by atoms with Crippen molar-refractivity contribution >= 4 is 5.52 Å². The fourth-order valence-electron chi connectivity index (χ4n) is 2.61. The smallest absolute Gasteiger partial charge is 0.0873 e. The van der Waals surface area contributed by atoms with Gasteiger partial charge in [-0.05, 0) is 43.9 Å². The van der Waals surface area contributed by atoms with Gasteiger partial charge in [-0.3, -0.25) is 4.98 Å². The second-order valence-electron chi connectivity index (χ2n) is 5.46. The summed E-state index contributed by atoms with van der Waals surface area (Å²) in [4.78, 5) is 6.69. The first-order valence-corrected chi connectivity index (χ1v) is 6.99. The van der Waals surface area contributed by atoms with E-state index in [0.717, 1.165) is 29.0 Å². The molecule has 0 aromatic carbocycles. The second-order valence-corrected chi connectivity index (χ2v) is 5.46. The van der Waals surface area contributed by atoms with Gasteiger partial charge in [0, 0.05) is 30.0 Å². The maximum absolute atomic E-state index is 9.61. The van der Waals surface area contributed by atoms with Crippen molar-refractivity contribution in [1.29, 1.82) is 0 Å². The molecule has 0 aliphatic carbocycles. The quantitative estimate of drug-likeness (QED) is 0.799. The van der Waals surface area contributed by atoms with Gasteiger partial charge in [-0.2, -0.15) is 0 Å². The zero-order chi connectivity index (χ0) is 14.8. The van der Waals surface area contributed by atoms with Crippen molar-refractivity contribution in [3.8, 4) is 11.4 Å². The number of aromatic nitrogens is 2. The minimum Gasteiger partial charge on any atom is -0.392 e. The highest BCUT2D eigenvalue weighted by Gasteiger charge is 2.12. The van der Waals surface area contributed by atoms with Gasteiger partial charge in [0.15, 0.2) is 0 Å². The van der Waals surface area contributed by atoms with Crippen LogP contribution in [0.3, 0.4) is 0 Å². The standard InChI is InChI=1S/C17H19N3O/c1-19(2)11-13-6-7-16(18-10-13)17-14(12-21)9-15-5-3-4-8-20(15)17/h3-10,21H,11-12H2,1-2H3. The molecule has 0 spiro atoms. The fourth-order valence-corrected chi connectivity index (χ4v) is 2.61. The molecule has 0 aliphatic rings. The first-order chi connectivity index (χ1) is 10.2. The monoisotopic (exact) mass is 281 g/mol. The van der Waals surface area contributed by atoms with E-state index in [1.54, 1.807) is 0 Å². The highest BCUT2D eigenvalue weighted by Crippen LogP contribution is 2.26. The zero-order valence-electron chi connectivity index (χ0n) is 12.3. The minimum atomic E-state index is 0.0120. The molecule has 0 amide bonds. The van der Waals surface area contributed by atoms with Crippen LogP contribution in [0.25, 0.3) is 16.9 Å². The Morgan fingerprint density at radius 1 is 1.19 bits per heavy atom. The molecule has 0 aliphatic heterocycles. The van der Waals surface area contributed by atoms with Crippen LogP contribution in [0.4, 0.5) is 0 Å².